The van der Waals surface area contributed by atoms with Crippen molar-refractivity contribution in [3.05, 3.63) is 47.5 Å². The maximum Gasteiger partial charge on any atom is 0.315 e. The summed E-state index contributed by atoms with van der Waals surface area (Å²) in [5.41, 5.74) is -0.391. The van der Waals surface area contributed by atoms with Crippen LogP contribution in [0.1, 0.15) is 58.9 Å². The highest BCUT2D eigenvalue weighted by Gasteiger charge is 2.75. The Morgan fingerprint density at radius 3 is 2.41 bits per heavy atom. The first-order valence-corrected chi connectivity index (χ1v) is 13.3. The number of ketones is 1. The summed E-state index contributed by atoms with van der Waals surface area (Å²) in [6.07, 6.45) is 4.88. The number of fused-ring (bicyclic) bond motifs is 4. The van der Waals surface area contributed by atoms with E-state index in [1.807, 2.05) is 13.0 Å². The van der Waals surface area contributed by atoms with Crippen molar-refractivity contribution in [1.29, 1.82) is 0 Å². The summed E-state index contributed by atoms with van der Waals surface area (Å²) in [5.74, 6) is -3.26. The van der Waals surface area contributed by atoms with Crippen LogP contribution in [0.25, 0.3) is 0 Å². The molecular weight excluding hydrogens is 504 g/mol. The number of ether oxygens (including phenoxy) is 4. The van der Waals surface area contributed by atoms with E-state index in [1.54, 1.807) is 26.4 Å². The minimum Gasteiger partial charge on any atom is -0.472 e. The predicted octanol–water partition coefficient (Wildman–Crippen LogP) is 3.92. The maximum absolute atomic E-state index is 14.0. The van der Waals surface area contributed by atoms with Crippen LogP contribution < -0.4 is 0 Å². The summed E-state index contributed by atoms with van der Waals surface area (Å²) in [6.45, 7) is 8.83. The number of furan rings is 1. The molecule has 0 radical (unpaired) electrons. The number of hydrogen-bond acceptors (Lipinski definition) is 9. The van der Waals surface area contributed by atoms with Gasteiger partial charge in [-0.2, -0.15) is 0 Å². The Morgan fingerprint density at radius 1 is 1.10 bits per heavy atom. The summed E-state index contributed by atoms with van der Waals surface area (Å²) < 4.78 is 28.5. The van der Waals surface area contributed by atoms with E-state index in [2.05, 4.69) is 6.92 Å². The molecule has 0 spiro atoms. The monoisotopic (exact) mass is 540 g/mol. The van der Waals surface area contributed by atoms with Crippen LogP contribution in [0.3, 0.4) is 0 Å². The molecule has 0 aromatic carbocycles. The lowest BCUT2D eigenvalue weighted by Gasteiger charge is -2.62. The third kappa shape index (κ3) is 3.61. The Balaban J connectivity index is 1.78. The van der Waals surface area contributed by atoms with Crippen molar-refractivity contribution in [3.8, 4) is 0 Å². The van der Waals surface area contributed by atoms with Gasteiger partial charge in [0.1, 0.15) is 12.2 Å². The summed E-state index contributed by atoms with van der Waals surface area (Å²) in [4.78, 5) is 52.9. The number of methoxy groups -OCH3 is 2. The molecule has 3 aliphatic carbocycles. The fourth-order valence-corrected chi connectivity index (χ4v) is 8.57. The van der Waals surface area contributed by atoms with Gasteiger partial charge >= 0.3 is 17.9 Å². The minimum atomic E-state index is -1.32. The SMILES string of the molecule is COC(=O)C[C@H]1[C@]2(C)C(=O)C=C[C@](C)(C(=O)OC)[C@H]2[C@H](OC(C)=O)[C@@H]2O[C@H]3C[C@H](c4ccoc4)C(C)=C3[C@]12C. The molecule has 1 saturated carbocycles. The molecule has 9 heteroatoms. The van der Waals surface area contributed by atoms with Gasteiger partial charge in [0.15, 0.2) is 5.78 Å². The molecule has 210 valence electrons. The van der Waals surface area contributed by atoms with E-state index in [0.29, 0.717) is 6.42 Å². The predicted molar refractivity (Wildman–Crippen MR) is 137 cm³/mol. The zero-order chi connectivity index (χ0) is 28.5. The van der Waals surface area contributed by atoms with Crippen molar-refractivity contribution in [2.75, 3.05) is 14.2 Å². The highest BCUT2D eigenvalue weighted by Crippen LogP contribution is 2.70. The molecule has 4 aliphatic rings. The van der Waals surface area contributed by atoms with Crippen molar-refractivity contribution >= 4 is 23.7 Å². The fourth-order valence-electron chi connectivity index (χ4n) is 8.57. The van der Waals surface area contributed by atoms with Gasteiger partial charge in [-0.25, -0.2) is 0 Å². The zero-order valence-corrected chi connectivity index (χ0v) is 23.4. The molecule has 9 nitrogen and oxygen atoms in total. The van der Waals surface area contributed by atoms with E-state index in [9.17, 15) is 19.2 Å². The minimum absolute atomic E-state index is 0.0419. The summed E-state index contributed by atoms with van der Waals surface area (Å²) in [7, 11) is 2.60. The number of allylic oxidation sites excluding steroid dienone is 2. The van der Waals surface area contributed by atoms with E-state index in [4.69, 9.17) is 23.4 Å². The molecule has 39 heavy (non-hydrogen) atoms. The van der Waals surface area contributed by atoms with Gasteiger partial charge in [-0.05, 0) is 49.5 Å². The van der Waals surface area contributed by atoms with Gasteiger partial charge in [0.05, 0.1) is 44.7 Å². The zero-order valence-electron chi connectivity index (χ0n) is 23.4. The van der Waals surface area contributed by atoms with Crippen LogP contribution in [0.15, 0.2) is 46.3 Å². The standard InChI is InChI=1S/C30H36O9/c1-15-18(17-9-11-37-14-17)12-19-23(15)30(5)20(13-22(33)35-6)29(4)21(32)8-10-28(3,27(34)36-7)25(29)24(26(30)39-19)38-16(2)31/h8-11,14,18-20,24-26H,12-13H2,1-7H3/t18-,19-,20-,24-,25+,26-,28-,29+,30-/m0/s1. The molecule has 5 rings (SSSR count). The molecule has 0 amide bonds. The average Bonchev–Trinajstić information content (AvgIpc) is 3.60. The van der Waals surface area contributed by atoms with Crippen LogP contribution in [0.4, 0.5) is 0 Å². The number of rotatable bonds is 5. The second kappa shape index (κ2) is 9.18. The second-order valence-electron chi connectivity index (χ2n) is 11.9. The highest BCUT2D eigenvalue weighted by atomic mass is 16.6. The van der Waals surface area contributed by atoms with Gasteiger partial charge in [-0.3, -0.25) is 19.2 Å². The molecule has 0 N–H and O–H groups in total. The van der Waals surface area contributed by atoms with Crippen LogP contribution in [-0.2, 0) is 38.1 Å². The topological polar surface area (TPSA) is 118 Å². The lowest BCUT2D eigenvalue weighted by atomic mass is 9.41. The molecule has 9 atom stereocenters. The van der Waals surface area contributed by atoms with E-state index in [-0.39, 0.29) is 24.2 Å². The first-order valence-electron chi connectivity index (χ1n) is 13.3. The van der Waals surface area contributed by atoms with Crippen LogP contribution in [-0.4, -0.2) is 56.2 Å². The summed E-state index contributed by atoms with van der Waals surface area (Å²) in [5, 5.41) is 0. The van der Waals surface area contributed by atoms with Crippen molar-refractivity contribution in [2.45, 2.75) is 71.7 Å². The third-order valence-corrected chi connectivity index (χ3v) is 10.2. The summed E-state index contributed by atoms with van der Waals surface area (Å²) in [6, 6.07) is 1.93. The van der Waals surface area contributed by atoms with Crippen LogP contribution >= 0.6 is 0 Å². The van der Waals surface area contributed by atoms with Crippen LogP contribution in [0, 0.1) is 28.1 Å². The van der Waals surface area contributed by atoms with Crippen molar-refractivity contribution in [3.63, 3.8) is 0 Å². The molecule has 1 aromatic heterocycles. The fraction of sp³-hybridized carbons (Fsp3) is 0.600. The molecule has 0 unspecified atom stereocenters. The number of esters is 3. The molecular formula is C30H36O9. The highest BCUT2D eigenvalue weighted by molar-refractivity contribution is 5.99. The van der Waals surface area contributed by atoms with Gasteiger partial charge < -0.3 is 23.4 Å². The molecule has 1 aromatic rings. The Hall–Kier alpha value is -3.20. The quantitative estimate of drug-likeness (QED) is 0.311. The molecule has 0 bridgehead atoms. The Kier molecular flexibility index (Phi) is 6.44. The van der Waals surface area contributed by atoms with E-state index in [0.717, 1.165) is 16.7 Å². The number of carbonyl (C=O) groups excluding carboxylic acids is 4. The van der Waals surface area contributed by atoms with Crippen molar-refractivity contribution in [1.82, 2.24) is 0 Å². The largest absolute Gasteiger partial charge is 0.472 e. The third-order valence-electron chi connectivity index (χ3n) is 10.2. The van der Waals surface area contributed by atoms with Gasteiger partial charge in [0.2, 0.25) is 0 Å². The molecule has 1 saturated heterocycles. The van der Waals surface area contributed by atoms with Crippen LogP contribution in [0.5, 0.6) is 0 Å². The van der Waals surface area contributed by atoms with Crippen LogP contribution in [0.2, 0.25) is 0 Å². The van der Waals surface area contributed by atoms with E-state index >= 15 is 0 Å². The smallest absolute Gasteiger partial charge is 0.315 e. The van der Waals surface area contributed by atoms with Gasteiger partial charge in [-0.15, -0.1) is 0 Å². The Morgan fingerprint density at radius 2 is 1.82 bits per heavy atom. The normalized spacial score (nSPS) is 40.5. The van der Waals surface area contributed by atoms with Crippen molar-refractivity contribution in [2.24, 2.45) is 28.1 Å². The second-order valence-corrected chi connectivity index (χ2v) is 11.9. The number of carbonyl (C=O) groups is 4. The van der Waals surface area contributed by atoms with Crippen molar-refractivity contribution < 1.29 is 42.5 Å². The van der Waals surface area contributed by atoms with Gasteiger partial charge in [0.25, 0.3) is 0 Å². The molecule has 2 heterocycles. The molecule has 1 aliphatic heterocycles. The summed E-state index contributed by atoms with van der Waals surface area (Å²) >= 11 is 0. The lowest BCUT2D eigenvalue weighted by Crippen LogP contribution is -2.70. The van der Waals surface area contributed by atoms with Gasteiger partial charge in [0, 0.05) is 29.6 Å². The Bertz CT molecular complexity index is 1280. The van der Waals surface area contributed by atoms with Gasteiger partial charge in [-0.1, -0.05) is 25.5 Å². The first-order chi connectivity index (χ1) is 18.3. The van der Waals surface area contributed by atoms with E-state index in [1.165, 1.54) is 33.3 Å². The molecule has 2 fully saturated rings. The Labute approximate surface area is 227 Å². The number of hydrogen-bond donors (Lipinski definition) is 0. The van der Waals surface area contributed by atoms with E-state index < -0.39 is 58.2 Å². The first kappa shape index (κ1) is 27.4. The maximum atomic E-state index is 14.0. The lowest BCUT2D eigenvalue weighted by molar-refractivity contribution is -0.226. The average molecular weight is 541 g/mol.